The molecule has 0 heterocycles. The zero-order valence-electron chi connectivity index (χ0n) is 5.01. The maximum atomic E-state index is 4.83. The summed E-state index contributed by atoms with van der Waals surface area (Å²) in [6, 6.07) is 0. The van der Waals surface area contributed by atoms with Gasteiger partial charge in [0.1, 0.15) is 0 Å². The Balaban J connectivity index is -0.00000000533. The van der Waals surface area contributed by atoms with E-state index in [0.717, 1.165) is 0 Å². The molecule has 0 saturated heterocycles. The third-order valence-electron chi connectivity index (χ3n) is 0. The molecule has 0 aliphatic heterocycles. The molecule has 11 heavy (non-hydrogen) atoms. The van der Waals surface area contributed by atoms with Gasteiger partial charge in [-0.2, -0.15) is 0 Å². The first-order valence-electron chi connectivity index (χ1n) is 0.756. The summed E-state index contributed by atoms with van der Waals surface area (Å²) < 4.78 is -1.61. The fourth-order valence-corrected chi connectivity index (χ4v) is 0. The number of halogens is 4. The molecule has 0 aromatic carbocycles. The second kappa shape index (κ2) is 22.4. The highest BCUT2D eigenvalue weighted by molar-refractivity contribution is 6.83. The minimum atomic E-state index is -1.61. The molecule has 0 bridgehead atoms. The normalized spacial score (nSPS) is 5.45. The Kier molecular flexibility index (Phi) is 120. The largest absolute Gasteiger partial charge is 0.412 e. The Bertz CT molecular complexity index is 30.1. The third kappa shape index (κ3) is 1030. The van der Waals surface area contributed by atoms with Crippen LogP contribution in [0.4, 0.5) is 0 Å². The molecule has 6 nitrogen and oxygen atoms in total. The molecule has 0 rings (SSSR count). The van der Waals surface area contributed by atoms with Crippen LogP contribution in [0, 0.1) is 0 Å². The summed E-state index contributed by atoms with van der Waals surface area (Å²) in [5.74, 6) is 0. The summed E-state index contributed by atoms with van der Waals surface area (Å²) in [6.45, 7) is 0. The van der Waals surface area contributed by atoms with Gasteiger partial charge in [0, 0.05) is 0 Å². The van der Waals surface area contributed by atoms with Gasteiger partial charge in [-0.3, -0.25) is 0 Å². The molecule has 0 aliphatic rings. The molecule has 0 fully saturated rings. The lowest BCUT2D eigenvalue weighted by Crippen LogP contribution is -1.81. The van der Waals surface area contributed by atoms with Crippen molar-refractivity contribution >= 4 is 46.4 Å². The van der Waals surface area contributed by atoms with Crippen LogP contribution >= 0.6 is 46.4 Å². The van der Waals surface area contributed by atoms with Gasteiger partial charge in [-0.05, 0) is 0 Å². The van der Waals surface area contributed by atoms with Crippen LogP contribution in [-0.4, -0.2) is 36.1 Å². The van der Waals surface area contributed by atoms with E-state index in [0.29, 0.717) is 0 Å². The standard InChI is InChI=1S/CCl4.6H2O/c2-1(3,4)5;;;;;;/h;6*1H2. The minimum Gasteiger partial charge on any atom is -0.412 e. The molecule has 0 aromatic rings. The Hall–Kier alpha value is 0.920. The summed E-state index contributed by atoms with van der Waals surface area (Å²) >= 11 is 19.3. The summed E-state index contributed by atoms with van der Waals surface area (Å²) in [6.07, 6.45) is 0. The molecular weight excluding hydrogens is 250 g/mol. The summed E-state index contributed by atoms with van der Waals surface area (Å²) in [5, 5.41) is 0. The molecule has 0 radical (unpaired) electrons. The van der Waals surface area contributed by atoms with Crippen LogP contribution in [-0.2, 0) is 0 Å². The highest BCUT2D eigenvalue weighted by Crippen LogP contribution is 2.29. The Labute approximate surface area is 82.8 Å². The molecule has 0 aliphatic carbocycles. The van der Waals surface area contributed by atoms with Gasteiger partial charge >= 0.3 is 0 Å². The van der Waals surface area contributed by atoms with Gasteiger partial charge in [-0.1, -0.05) is 46.4 Å². The number of hydrogen-bond donors (Lipinski definition) is 0. The van der Waals surface area contributed by atoms with Gasteiger partial charge < -0.3 is 32.9 Å². The molecular formula is CH12Cl4O6. The van der Waals surface area contributed by atoms with Crippen molar-refractivity contribution in [2.24, 2.45) is 0 Å². The molecule has 80 valence electrons. The van der Waals surface area contributed by atoms with Gasteiger partial charge in [0.2, 0.25) is 0 Å². The lowest BCUT2D eigenvalue weighted by atomic mass is 11.8. The predicted molar refractivity (Wildman–Crippen MR) is 47.8 cm³/mol. The van der Waals surface area contributed by atoms with Crippen molar-refractivity contribution < 1.29 is 32.9 Å². The predicted octanol–water partition coefficient (Wildman–Crippen LogP) is -2.40. The van der Waals surface area contributed by atoms with Crippen molar-refractivity contribution in [3.63, 3.8) is 0 Å². The van der Waals surface area contributed by atoms with E-state index in [-0.39, 0.29) is 32.9 Å². The second-order valence-electron chi connectivity index (χ2n) is 0.429. The van der Waals surface area contributed by atoms with Crippen LogP contribution in [0.3, 0.4) is 0 Å². The van der Waals surface area contributed by atoms with Crippen LogP contribution in [0.2, 0.25) is 0 Å². The van der Waals surface area contributed by atoms with E-state index in [1.807, 2.05) is 0 Å². The maximum Gasteiger partial charge on any atom is 0.266 e. The lowest BCUT2D eigenvalue weighted by molar-refractivity contribution is 0.823. The molecule has 0 amide bonds. The van der Waals surface area contributed by atoms with Crippen LogP contribution in [0.1, 0.15) is 0 Å². The van der Waals surface area contributed by atoms with Crippen molar-refractivity contribution in [3.8, 4) is 0 Å². The first-order chi connectivity index (χ1) is 2.00. The van der Waals surface area contributed by atoms with Gasteiger partial charge in [0.05, 0.1) is 0 Å². The summed E-state index contributed by atoms with van der Waals surface area (Å²) in [7, 11) is 0. The molecule has 0 aromatic heterocycles. The first kappa shape index (κ1) is 58.7. The molecule has 0 spiro atoms. The second-order valence-corrected chi connectivity index (χ2v) is 3.86. The molecule has 10 heteroatoms. The molecule has 12 N–H and O–H groups in total. The van der Waals surface area contributed by atoms with E-state index in [2.05, 4.69) is 0 Å². The number of alkyl halides is 4. The fourth-order valence-electron chi connectivity index (χ4n) is 0. The zero-order valence-corrected chi connectivity index (χ0v) is 8.04. The average Bonchev–Trinajstić information content (AvgIpc) is 0.722. The van der Waals surface area contributed by atoms with Gasteiger partial charge in [-0.25, -0.2) is 0 Å². The highest BCUT2D eigenvalue weighted by Gasteiger charge is 2.11. The fraction of sp³-hybridized carbons (Fsp3) is 1.00. The van der Waals surface area contributed by atoms with Crippen LogP contribution in [0.15, 0.2) is 0 Å². The van der Waals surface area contributed by atoms with E-state index in [4.69, 9.17) is 46.4 Å². The Morgan fingerprint density at radius 1 is 0.455 bits per heavy atom. The minimum absolute atomic E-state index is 0. The van der Waals surface area contributed by atoms with E-state index in [1.165, 1.54) is 0 Å². The van der Waals surface area contributed by atoms with Gasteiger partial charge in [-0.15, -0.1) is 0 Å². The molecule has 0 saturated carbocycles. The monoisotopic (exact) mass is 260 g/mol. The van der Waals surface area contributed by atoms with Crippen LogP contribution in [0.5, 0.6) is 0 Å². The van der Waals surface area contributed by atoms with E-state index in [9.17, 15) is 0 Å². The van der Waals surface area contributed by atoms with Crippen molar-refractivity contribution in [1.29, 1.82) is 0 Å². The summed E-state index contributed by atoms with van der Waals surface area (Å²) in [4.78, 5) is 0. The number of rotatable bonds is 0. The zero-order chi connectivity index (χ0) is 4.50. The Morgan fingerprint density at radius 2 is 0.455 bits per heavy atom. The molecule has 0 atom stereocenters. The van der Waals surface area contributed by atoms with Crippen molar-refractivity contribution in [1.82, 2.24) is 0 Å². The quantitative estimate of drug-likeness (QED) is 0.421. The highest BCUT2D eigenvalue weighted by atomic mass is 35.6. The van der Waals surface area contributed by atoms with Crippen molar-refractivity contribution in [2.75, 3.05) is 0 Å². The maximum absolute atomic E-state index is 4.83. The van der Waals surface area contributed by atoms with Gasteiger partial charge in [0.15, 0.2) is 0 Å². The van der Waals surface area contributed by atoms with Crippen molar-refractivity contribution in [3.05, 3.63) is 0 Å². The van der Waals surface area contributed by atoms with Crippen LogP contribution in [0.25, 0.3) is 0 Å². The lowest BCUT2D eigenvalue weighted by Gasteiger charge is -1.91. The van der Waals surface area contributed by atoms with E-state index in [1.54, 1.807) is 0 Å². The third-order valence-corrected chi connectivity index (χ3v) is 0. The molecule has 0 unspecified atom stereocenters. The van der Waals surface area contributed by atoms with Crippen molar-refractivity contribution in [2.45, 2.75) is 3.25 Å². The summed E-state index contributed by atoms with van der Waals surface area (Å²) in [5.41, 5.74) is 0. The first-order valence-corrected chi connectivity index (χ1v) is 2.27. The number of hydrogen-bond acceptors (Lipinski definition) is 0. The van der Waals surface area contributed by atoms with E-state index >= 15 is 0 Å². The topological polar surface area (TPSA) is 189 Å². The van der Waals surface area contributed by atoms with E-state index < -0.39 is 3.25 Å². The SMILES string of the molecule is ClC(Cl)(Cl)Cl.O.O.O.O.O.O. The van der Waals surface area contributed by atoms with Gasteiger partial charge in [0.25, 0.3) is 3.25 Å². The average molecular weight is 262 g/mol. The smallest absolute Gasteiger partial charge is 0.266 e. The van der Waals surface area contributed by atoms with Crippen LogP contribution < -0.4 is 0 Å². The Morgan fingerprint density at radius 3 is 0.455 bits per heavy atom.